The monoisotopic (exact) mass is 235 g/mol. The number of carboxylic acids is 1. The van der Waals surface area contributed by atoms with Crippen LogP contribution in [0.2, 0.25) is 0 Å². The minimum Gasteiger partial charge on any atom is -0.508 e. The Morgan fingerprint density at radius 2 is 2.12 bits per heavy atom. The molecule has 0 aromatic heterocycles. The van der Waals surface area contributed by atoms with Gasteiger partial charge in [-0.3, -0.25) is 4.79 Å². The normalized spacial score (nSPS) is 25.0. The van der Waals surface area contributed by atoms with E-state index in [4.69, 9.17) is 0 Å². The van der Waals surface area contributed by atoms with Crippen molar-refractivity contribution in [1.82, 2.24) is 4.90 Å². The van der Waals surface area contributed by atoms with Crippen LogP contribution < -0.4 is 0 Å². The SMILES string of the molecule is CCN1CC(C(=O)O)C(c2ccccc2O)C1. The van der Waals surface area contributed by atoms with E-state index in [1.165, 1.54) is 0 Å². The van der Waals surface area contributed by atoms with Crippen LogP contribution in [0.4, 0.5) is 0 Å². The summed E-state index contributed by atoms with van der Waals surface area (Å²) in [6.07, 6.45) is 0. The molecule has 1 aromatic rings. The number of carboxylic acid groups (broad SMARTS) is 1. The summed E-state index contributed by atoms with van der Waals surface area (Å²) in [4.78, 5) is 13.4. The molecule has 1 saturated heterocycles. The van der Waals surface area contributed by atoms with Crippen LogP contribution >= 0.6 is 0 Å². The summed E-state index contributed by atoms with van der Waals surface area (Å²) < 4.78 is 0. The highest BCUT2D eigenvalue weighted by molar-refractivity contribution is 5.72. The molecule has 1 heterocycles. The van der Waals surface area contributed by atoms with E-state index in [2.05, 4.69) is 4.90 Å². The first-order valence-electron chi connectivity index (χ1n) is 5.86. The number of carbonyl (C=O) groups is 1. The lowest BCUT2D eigenvalue weighted by Crippen LogP contribution is -2.23. The summed E-state index contributed by atoms with van der Waals surface area (Å²) in [5.41, 5.74) is 0.746. The number of benzene rings is 1. The Bertz CT molecular complexity index is 419. The molecule has 0 spiro atoms. The van der Waals surface area contributed by atoms with E-state index in [1.807, 2.05) is 19.1 Å². The molecule has 0 saturated carbocycles. The molecule has 0 aliphatic carbocycles. The summed E-state index contributed by atoms with van der Waals surface area (Å²) in [7, 11) is 0. The molecule has 4 nitrogen and oxygen atoms in total. The number of hydrogen-bond donors (Lipinski definition) is 2. The van der Waals surface area contributed by atoms with E-state index in [9.17, 15) is 15.0 Å². The molecule has 2 rings (SSSR count). The molecule has 4 heteroatoms. The Kier molecular flexibility index (Phi) is 3.33. The van der Waals surface area contributed by atoms with Crippen molar-refractivity contribution in [3.05, 3.63) is 29.8 Å². The maximum absolute atomic E-state index is 11.2. The fourth-order valence-electron chi connectivity index (χ4n) is 2.51. The minimum absolute atomic E-state index is 0.117. The predicted octanol–water partition coefficient (Wildman–Crippen LogP) is 1.51. The van der Waals surface area contributed by atoms with Gasteiger partial charge in [-0.05, 0) is 18.2 Å². The third-order valence-corrected chi connectivity index (χ3v) is 3.50. The number of aliphatic carboxylic acids is 1. The van der Waals surface area contributed by atoms with Crippen molar-refractivity contribution in [2.75, 3.05) is 19.6 Å². The number of nitrogens with zero attached hydrogens (tertiary/aromatic N) is 1. The number of hydrogen-bond acceptors (Lipinski definition) is 3. The summed E-state index contributed by atoms with van der Waals surface area (Å²) in [5, 5.41) is 19.1. The molecule has 2 atom stereocenters. The van der Waals surface area contributed by atoms with Crippen LogP contribution in [-0.4, -0.2) is 40.7 Å². The second kappa shape index (κ2) is 4.75. The largest absolute Gasteiger partial charge is 0.508 e. The maximum atomic E-state index is 11.2. The van der Waals surface area contributed by atoms with Crippen LogP contribution in [0, 0.1) is 5.92 Å². The van der Waals surface area contributed by atoms with E-state index in [-0.39, 0.29) is 11.7 Å². The number of likely N-dealkylation sites (tertiary alicyclic amines) is 1. The van der Waals surface area contributed by atoms with Gasteiger partial charge in [0.05, 0.1) is 5.92 Å². The topological polar surface area (TPSA) is 60.8 Å². The van der Waals surface area contributed by atoms with Gasteiger partial charge >= 0.3 is 5.97 Å². The van der Waals surface area contributed by atoms with Gasteiger partial charge in [-0.2, -0.15) is 0 Å². The zero-order chi connectivity index (χ0) is 12.4. The van der Waals surface area contributed by atoms with Gasteiger partial charge in [0.15, 0.2) is 0 Å². The molecule has 1 aromatic carbocycles. The highest BCUT2D eigenvalue weighted by Crippen LogP contribution is 2.36. The van der Waals surface area contributed by atoms with E-state index >= 15 is 0 Å². The number of rotatable bonds is 3. The zero-order valence-corrected chi connectivity index (χ0v) is 9.84. The van der Waals surface area contributed by atoms with Gasteiger partial charge in [0.2, 0.25) is 0 Å². The first-order valence-corrected chi connectivity index (χ1v) is 5.86. The Hall–Kier alpha value is -1.55. The Labute approximate surface area is 100 Å². The van der Waals surface area contributed by atoms with E-state index in [0.717, 1.165) is 12.1 Å². The molecular weight excluding hydrogens is 218 g/mol. The van der Waals surface area contributed by atoms with E-state index < -0.39 is 11.9 Å². The lowest BCUT2D eigenvalue weighted by atomic mass is 9.88. The highest BCUT2D eigenvalue weighted by Gasteiger charge is 2.38. The molecule has 2 unspecified atom stereocenters. The highest BCUT2D eigenvalue weighted by atomic mass is 16.4. The van der Waals surface area contributed by atoms with Crippen LogP contribution in [0.3, 0.4) is 0 Å². The smallest absolute Gasteiger partial charge is 0.308 e. The third kappa shape index (κ3) is 2.26. The van der Waals surface area contributed by atoms with Crippen LogP contribution in [0.1, 0.15) is 18.4 Å². The summed E-state index contributed by atoms with van der Waals surface area (Å²) in [5.74, 6) is -1.13. The number of phenolic OH excluding ortho intramolecular Hbond substituents is 1. The first-order chi connectivity index (χ1) is 8.13. The third-order valence-electron chi connectivity index (χ3n) is 3.50. The molecule has 92 valence electrons. The van der Waals surface area contributed by atoms with Gasteiger partial charge in [-0.25, -0.2) is 0 Å². The van der Waals surface area contributed by atoms with Gasteiger partial charge in [-0.1, -0.05) is 25.1 Å². The van der Waals surface area contributed by atoms with Crippen LogP contribution in [0.25, 0.3) is 0 Å². The van der Waals surface area contributed by atoms with Gasteiger partial charge in [0, 0.05) is 19.0 Å². The van der Waals surface area contributed by atoms with Crippen molar-refractivity contribution < 1.29 is 15.0 Å². The second-order valence-corrected chi connectivity index (χ2v) is 4.46. The molecule has 17 heavy (non-hydrogen) atoms. The average molecular weight is 235 g/mol. The molecule has 0 bridgehead atoms. The van der Waals surface area contributed by atoms with Crippen molar-refractivity contribution in [3.8, 4) is 5.75 Å². The second-order valence-electron chi connectivity index (χ2n) is 4.46. The quantitative estimate of drug-likeness (QED) is 0.833. The lowest BCUT2D eigenvalue weighted by Gasteiger charge is -2.16. The molecule has 1 fully saturated rings. The van der Waals surface area contributed by atoms with E-state index in [1.54, 1.807) is 12.1 Å². The molecule has 1 aliphatic rings. The van der Waals surface area contributed by atoms with Crippen molar-refractivity contribution in [2.45, 2.75) is 12.8 Å². The molecular formula is C13H17NO3. The molecule has 0 radical (unpaired) electrons. The van der Waals surface area contributed by atoms with Crippen LogP contribution in [-0.2, 0) is 4.79 Å². The summed E-state index contributed by atoms with van der Waals surface area (Å²) in [6, 6.07) is 7.02. The fourth-order valence-corrected chi connectivity index (χ4v) is 2.51. The molecule has 0 amide bonds. The van der Waals surface area contributed by atoms with Gasteiger partial charge in [-0.15, -0.1) is 0 Å². The van der Waals surface area contributed by atoms with Crippen LogP contribution in [0.5, 0.6) is 5.75 Å². The minimum atomic E-state index is -0.783. The van der Waals surface area contributed by atoms with Crippen molar-refractivity contribution >= 4 is 5.97 Å². The van der Waals surface area contributed by atoms with E-state index in [0.29, 0.717) is 13.1 Å². The lowest BCUT2D eigenvalue weighted by molar-refractivity contribution is -0.141. The molecule has 1 aliphatic heterocycles. The zero-order valence-electron chi connectivity index (χ0n) is 9.84. The number of likely N-dealkylation sites (N-methyl/N-ethyl adjacent to an activating group) is 1. The number of para-hydroxylation sites is 1. The van der Waals surface area contributed by atoms with Crippen molar-refractivity contribution in [1.29, 1.82) is 0 Å². The standard InChI is InChI=1S/C13H17NO3/c1-2-14-7-10(11(8-14)13(16)17)9-5-3-4-6-12(9)15/h3-6,10-11,15H,2,7-8H2,1H3,(H,16,17). The molecule has 2 N–H and O–H groups in total. The predicted molar refractivity (Wildman–Crippen MR) is 64.1 cm³/mol. The summed E-state index contributed by atoms with van der Waals surface area (Å²) in [6.45, 7) is 4.12. The Morgan fingerprint density at radius 3 is 2.71 bits per heavy atom. The van der Waals surface area contributed by atoms with Gasteiger partial charge in [0.25, 0.3) is 0 Å². The van der Waals surface area contributed by atoms with Gasteiger partial charge in [0.1, 0.15) is 5.75 Å². The number of phenols is 1. The fraction of sp³-hybridized carbons (Fsp3) is 0.462. The van der Waals surface area contributed by atoms with Crippen LogP contribution in [0.15, 0.2) is 24.3 Å². The first kappa shape index (κ1) is 11.9. The Morgan fingerprint density at radius 1 is 1.41 bits per heavy atom. The number of aromatic hydroxyl groups is 1. The average Bonchev–Trinajstić information content (AvgIpc) is 2.73. The van der Waals surface area contributed by atoms with Crippen molar-refractivity contribution in [2.24, 2.45) is 5.92 Å². The van der Waals surface area contributed by atoms with Gasteiger partial charge < -0.3 is 15.1 Å². The van der Waals surface area contributed by atoms with Crippen molar-refractivity contribution in [3.63, 3.8) is 0 Å². The maximum Gasteiger partial charge on any atom is 0.308 e. The summed E-state index contributed by atoms with van der Waals surface area (Å²) >= 11 is 0. The Balaban J connectivity index is 2.30.